The van der Waals surface area contributed by atoms with Crippen molar-refractivity contribution in [2.75, 3.05) is 40.9 Å². The van der Waals surface area contributed by atoms with Gasteiger partial charge in [-0.2, -0.15) is 0 Å². The molecule has 0 aliphatic rings. The first-order chi connectivity index (χ1) is 34.0. The average Bonchev–Trinajstić information content (AvgIpc) is 3.32. The second-order valence-corrected chi connectivity index (χ2v) is 23.2. The monoisotopic (exact) mass is 1010 g/mol. The number of carbonyl (C=O) groups excluding carboxylic acids is 1. The minimum Gasteiger partial charge on any atom is -0.387 e. The minimum atomic E-state index is -4.36. The van der Waals surface area contributed by atoms with Crippen molar-refractivity contribution in [3.63, 3.8) is 0 Å². The fourth-order valence-corrected chi connectivity index (χ4v) is 9.53. The number of aliphatic hydroxyl groups excluding tert-OH is 1. The molecule has 0 aromatic rings. The Kier molecular flexibility index (Phi) is 51.2. The van der Waals surface area contributed by atoms with E-state index in [0.29, 0.717) is 17.4 Å². The van der Waals surface area contributed by atoms with Crippen molar-refractivity contribution in [3.8, 4) is 0 Å². The average molecular weight is 1010 g/mol. The summed E-state index contributed by atoms with van der Waals surface area (Å²) in [5.41, 5.74) is 0. The van der Waals surface area contributed by atoms with Crippen molar-refractivity contribution in [2.24, 2.45) is 0 Å². The van der Waals surface area contributed by atoms with Crippen molar-refractivity contribution in [2.45, 2.75) is 296 Å². The van der Waals surface area contributed by atoms with E-state index in [1.807, 2.05) is 27.2 Å². The molecule has 0 aromatic heterocycles. The highest BCUT2D eigenvalue weighted by Crippen LogP contribution is 2.43. The van der Waals surface area contributed by atoms with Gasteiger partial charge in [0.05, 0.1) is 39.9 Å². The Morgan fingerprint density at radius 3 is 1.23 bits per heavy atom. The van der Waals surface area contributed by atoms with E-state index in [4.69, 9.17) is 9.05 Å². The van der Waals surface area contributed by atoms with E-state index < -0.39 is 20.0 Å². The molecule has 3 N–H and O–H groups in total. The SMILES string of the molecule is CCCCCCC/C=C\C/C=C\CCCCCCCCCCCCCC(=O)NC(COP(=O)(O)OCC[N+](C)(C)C)C(O)/C=C/CC/C=C/CCCCCCCCCCCCCCCCCCCCC. The molecule has 0 fully saturated rings. The summed E-state index contributed by atoms with van der Waals surface area (Å²) in [7, 11) is 1.56. The zero-order valence-corrected chi connectivity index (χ0v) is 47.9. The molecule has 0 aromatic carbocycles. The van der Waals surface area contributed by atoms with Crippen molar-refractivity contribution in [1.82, 2.24) is 5.32 Å². The van der Waals surface area contributed by atoms with Crippen LogP contribution in [0.2, 0.25) is 0 Å². The summed E-state index contributed by atoms with van der Waals surface area (Å²) in [4.78, 5) is 23.3. The normalized spacial score (nSPS) is 14.2. The highest BCUT2D eigenvalue weighted by molar-refractivity contribution is 7.47. The van der Waals surface area contributed by atoms with E-state index in [0.717, 1.165) is 44.9 Å². The van der Waals surface area contributed by atoms with Crippen LogP contribution in [-0.4, -0.2) is 73.4 Å². The topological polar surface area (TPSA) is 105 Å². The lowest BCUT2D eigenvalue weighted by atomic mass is 10.0. The third-order valence-corrected chi connectivity index (χ3v) is 14.5. The van der Waals surface area contributed by atoms with Crippen molar-refractivity contribution >= 4 is 13.7 Å². The summed E-state index contributed by atoms with van der Waals surface area (Å²) >= 11 is 0. The Morgan fingerprint density at radius 2 is 0.829 bits per heavy atom. The molecule has 0 radical (unpaired) electrons. The predicted octanol–water partition coefficient (Wildman–Crippen LogP) is 18.3. The van der Waals surface area contributed by atoms with Crippen molar-refractivity contribution in [3.05, 3.63) is 48.6 Å². The Hall–Kier alpha value is -1.54. The van der Waals surface area contributed by atoms with Gasteiger partial charge in [0.25, 0.3) is 0 Å². The van der Waals surface area contributed by atoms with Gasteiger partial charge >= 0.3 is 7.82 Å². The van der Waals surface area contributed by atoms with Gasteiger partial charge in [-0.3, -0.25) is 13.8 Å². The van der Waals surface area contributed by atoms with E-state index in [1.165, 1.54) is 218 Å². The molecule has 0 bridgehead atoms. The number of phosphoric acid groups is 1. The number of amides is 1. The van der Waals surface area contributed by atoms with Crippen LogP contribution in [0, 0.1) is 0 Å². The summed E-state index contributed by atoms with van der Waals surface area (Å²) in [5.74, 6) is -0.187. The zero-order valence-electron chi connectivity index (χ0n) is 47.0. The number of quaternary nitrogens is 1. The summed E-state index contributed by atoms with van der Waals surface area (Å²) in [6.45, 7) is 4.82. The van der Waals surface area contributed by atoms with Crippen LogP contribution < -0.4 is 5.32 Å². The molecular weight excluding hydrogens is 888 g/mol. The van der Waals surface area contributed by atoms with Crippen LogP contribution in [0.5, 0.6) is 0 Å². The zero-order chi connectivity index (χ0) is 51.3. The van der Waals surface area contributed by atoms with Gasteiger partial charge in [0, 0.05) is 6.42 Å². The number of nitrogens with zero attached hydrogens (tertiary/aromatic N) is 1. The quantitative estimate of drug-likeness (QED) is 0.0243. The lowest BCUT2D eigenvalue weighted by molar-refractivity contribution is -0.870. The molecule has 1 amide bonds. The molecule has 0 aliphatic carbocycles. The van der Waals surface area contributed by atoms with Crippen LogP contribution in [0.15, 0.2) is 48.6 Å². The van der Waals surface area contributed by atoms with Gasteiger partial charge in [0.1, 0.15) is 13.2 Å². The van der Waals surface area contributed by atoms with Gasteiger partial charge in [-0.05, 0) is 64.2 Å². The third kappa shape index (κ3) is 54.2. The summed E-state index contributed by atoms with van der Waals surface area (Å²) < 4.78 is 23.7. The molecule has 3 unspecified atom stereocenters. The molecule has 8 nitrogen and oxygen atoms in total. The maximum atomic E-state index is 13.0. The molecule has 70 heavy (non-hydrogen) atoms. The van der Waals surface area contributed by atoms with Gasteiger partial charge in [-0.15, -0.1) is 0 Å². The molecule has 0 saturated carbocycles. The fraction of sp³-hybridized carbons (Fsp3) is 0.852. The Balaban J connectivity index is 4.23. The number of carbonyl (C=O) groups is 1. The molecule has 9 heteroatoms. The van der Waals surface area contributed by atoms with Gasteiger partial charge in [0.15, 0.2) is 0 Å². The number of phosphoric ester groups is 1. The number of allylic oxidation sites excluding steroid dienone is 7. The van der Waals surface area contributed by atoms with Crippen molar-refractivity contribution in [1.29, 1.82) is 0 Å². The van der Waals surface area contributed by atoms with Crippen LogP contribution in [0.3, 0.4) is 0 Å². The number of hydrogen-bond acceptors (Lipinski definition) is 5. The molecule has 0 rings (SSSR count). The maximum Gasteiger partial charge on any atom is 0.472 e. The minimum absolute atomic E-state index is 0.0554. The van der Waals surface area contributed by atoms with E-state index in [2.05, 4.69) is 55.6 Å². The van der Waals surface area contributed by atoms with Gasteiger partial charge in [-0.1, -0.05) is 262 Å². The van der Waals surface area contributed by atoms with Crippen LogP contribution in [0.25, 0.3) is 0 Å². The first kappa shape index (κ1) is 68.5. The standard InChI is InChI=1S/C61H117N2O6P/c1-6-8-10-12-14-16-18-20-22-24-26-28-30-31-33-34-36-38-40-42-44-46-48-50-52-54-60(64)59(58-69-70(66,67)68-57-56-63(3,4)5)62-61(65)55-53-51-49-47-45-43-41-39-37-35-32-29-27-25-23-21-19-17-15-13-11-9-7-2/h19,21,25,27,44,46,52,54,59-60,64H,6-18,20,22-24,26,28-43,45,47-51,53,55-58H2,1-5H3,(H-,62,65,66,67)/p+1/b21-19-,27-25-,46-44+,54-52+. The second kappa shape index (κ2) is 52.3. The van der Waals surface area contributed by atoms with E-state index in [9.17, 15) is 19.4 Å². The Labute approximate surface area is 435 Å². The summed E-state index contributed by atoms with van der Waals surface area (Å²) in [5, 5.41) is 13.9. The van der Waals surface area contributed by atoms with E-state index >= 15 is 0 Å². The lowest BCUT2D eigenvalue weighted by Gasteiger charge is -2.25. The van der Waals surface area contributed by atoms with Crippen LogP contribution >= 0.6 is 7.82 Å². The number of nitrogens with one attached hydrogen (secondary N) is 1. The summed E-state index contributed by atoms with van der Waals surface area (Å²) in [6, 6.07) is -0.866. The number of unbranched alkanes of at least 4 members (excludes halogenated alkanes) is 36. The van der Waals surface area contributed by atoms with Gasteiger partial charge in [0.2, 0.25) is 5.91 Å². The predicted molar refractivity (Wildman–Crippen MR) is 304 cm³/mol. The van der Waals surface area contributed by atoms with E-state index in [-0.39, 0.29) is 19.1 Å². The highest BCUT2D eigenvalue weighted by atomic mass is 31.2. The Bertz CT molecular complexity index is 1280. The van der Waals surface area contributed by atoms with Crippen LogP contribution in [0.1, 0.15) is 284 Å². The maximum absolute atomic E-state index is 13.0. The first-order valence-electron chi connectivity index (χ1n) is 30.0. The van der Waals surface area contributed by atoms with Crippen LogP contribution in [0.4, 0.5) is 0 Å². The number of hydrogen-bond donors (Lipinski definition) is 3. The second-order valence-electron chi connectivity index (χ2n) is 21.7. The van der Waals surface area contributed by atoms with Crippen LogP contribution in [-0.2, 0) is 18.4 Å². The molecule has 0 aliphatic heterocycles. The molecule has 3 atom stereocenters. The number of aliphatic hydroxyl groups is 1. The number of likely N-dealkylation sites (N-methyl/N-ethyl adjacent to an activating group) is 1. The summed E-state index contributed by atoms with van der Waals surface area (Å²) in [6.07, 6.45) is 69.3. The molecular formula is C61H118N2O6P+. The Morgan fingerprint density at radius 1 is 0.486 bits per heavy atom. The molecule has 0 saturated heterocycles. The largest absolute Gasteiger partial charge is 0.472 e. The third-order valence-electron chi connectivity index (χ3n) is 13.5. The first-order valence-corrected chi connectivity index (χ1v) is 31.5. The smallest absolute Gasteiger partial charge is 0.387 e. The molecule has 412 valence electrons. The van der Waals surface area contributed by atoms with Crippen molar-refractivity contribution < 1.29 is 32.9 Å². The molecule has 0 spiro atoms. The van der Waals surface area contributed by atoms with Gasteiger partial charge in [-0.25, -0.2) is 4.57 Å². The van der Waals surface area contributed by atoms with E-state index in [1.54, 1.807) is 6.08 Å². The lowest BCUT2D eigenvalue weighted by Crippen LogP contribution is -2.45. The highest BCUT2D eigenvalue weighted by Gasteiger charge is 2.27. The molecule has 0 heterocycles. The van der Waals surface area contributed by atoms with Gasteiger partial charge < -0.3 is 19.8 Å². The number of rotatable bonds is 55. The fourth-order valence-electron chi connectivity index (χ4n) is 8.80.